The van der Waals surface area contributed by atoms with Gasteiger partial charge in [-0.25, -0.2) is 9.59 Å². The van der Waals surface area contributed by atoms with Gasteiger partial charge in [0.25, 0.3) is 0 Å². The number of carbonyl (C=O) groups excluding carboxylic acids is 3. The van der Waals surface area contributed by atoms with Gasteiger partial charge in [-0.05, 0) is 43.9 Å². The molecule has 1 heterocycles. The Morgan fingerprint density at radius 3 is 2.12 bits per heavy atom. The summed E-state index contributed by atoms with van der Waals surface area (Å²) in [4.78, 5) is 54.4. The normalized spacial score (nSPS) is 13.8. The summed E-state index contributed by atoms with van der Waals surface area (Å²) in [6, 6.07) is 13.3. The summed E-state index contributed by atoms with van der Waals surface area (Å²) in [5, 5.41) is 18.6. The Labute approximate surface area is 233 Å². The van der Waals surface area contributed by atoms with Gasteiger partial charge in [0.15, 0.2) is 0 Å². The highest BCUT2D eigenvalue weighted by atomic mass is 16.6. The Hall–Kier alpha value is -4.34. The quantitative estimate of drug-likeness (QED) is 0.246. The van der Waals surface area contributed by atoms with E-state index in [4.69, 9.17) is 4.74 Å². The highest BCUT2D eigenvalue weighted by molar-refractivity contribution is 5.93. The molecule has 40 heavy (non-hydrogen) atoms. The lowest BCUT2D eigenvalue weighted by atomic mass is 9.99. The Kier molecular flexibility index (Phi) is 9.93. The number of carboxylic acids is 1. The number of ether oxygens (including phenoxy) is 1. The number of amides is 3. The first-order valence-corrected chi connectivity index (χ1v) is 13.3. The number of aromatic nitrogens is 1. The first kappa shape index (κ1) is 30.2. The number of para-hydroxylation sites is 1. The molecule has 3 aromatic rings. The molecule has 0 bridgehead atoms. The second-order valence-electron chi connectivity index (χ2n) is 11.1. The highest BCUT2D eigenvalue weighted by Gasteiger charge is 2.32. The van der Waals surface area contributed by atoms with E-state index in [1.165, 1.54) is 0 Å². The zero-order chi connectivity index (χ0) is 29.4. The maximum atomic E-state index is 13.4. The molecular weight excluding hydrogens is 512 g/mol. The van der Waals surface area contributed by atoms with E-state index < -0.39 is 47.6 Å². The van der Waals surface area contributed by atoms with Gasteiger partial charge in [-0.1, -0.05) is 62.4 Å². The van der Waals surface area contributed by atoms with Gasteiger partial charge in [-0.3, -0.25) is 9.59 Å². The number of aliphatic carboxylic acids is 1. The van der Waals surface area contributed by atoms with Gasteiger partial charge in [0.2, 0.25) is 11.8 Å². The van der Waals surface area contributed by atoms with Crippen LogP contribution in [0.2, 0.25) is 0 Å². The molecule has 0 saturated heterocycles. The first-order valence-electron chi connectivity index (χ1n) is 13.3. The average molecular weight is 551 g/mol. The smallest absolute Gasteiger partial charge is 0.408 e. The fraction of sp³-hybridized carbons (Fsp3) is 0.400. The van der Waals surface area contributed by atoms with E-state index in [0.717, 1.165) is 22.0 Å². The number of fused-ring (bicyclic) bond motifs is 1. The maximum Gasteiger partial charge on any atom is 0.408 e. The number of carbonyl (C=O) groups is 4. The molecule has 0 aliphatic heterocycles. The molecule has 0 unspecified atom stereocenters. The molecule has 1 aromatic heterocycles. The molecule has 0 spiro atoms. The summed E-state index contributed by atoms with van der Waals surface area (Å²) in [6.07, 6.45) is 1.18. The van der Waals surface area contributed by atoms with Crippen LogP contribution in [0.25, 0.3) is 10.9 Å². The van der Waals surface area contributed by atoms with E-state index in [2.05, 4.69) is 20.9 Å². The predicted molar refractivity (Wildman–Crippen MR) is 152 cm³/mol. The lowest BCUT2D eigenvalue weighted by Gasteiger charge is -2.27. The molecule has 0 saturated carbocycles. The Morgan fingerprint density at radius 2 is 1.50 bits per heavy atom. The van der Waals surface area contributed by atoms with E-state index in [9.17, 15) is 24.3 Å². The summed E-state index contributed by atoms with van der Waals surface area (Å²) >= 11 is 0. The van der Waals surface area contributed by atoms with E-state index in [0.29, 0.717) is 0 Å². The topological polar surface area (TPSA) is 150 Å². The average Bonchev–Trinajstić information content (AvgIpc) is 3.28. The predicted octanol–water partition coefficient (Wildman–Crippen LogP) is 3.56. The molecule has 5 N–H and O–H groups in total. The second kappa shape index (κ2) is 13.1. The number of rotatable bonds is 11. The summed E-state index contributed by atoms with van der Waals surface area (Å²) in [5.41, 5.74) is 1.64. The summed E-state index contributed by atoms with van der Waals surface area (Å²) in [6.45, 7) is 8.63. The van der Waals surface area contributed by atoms with Crippen molar-refractivity contribution < 1.29 is 29.0 Å². The minimum absolute atomic E-state index is 0.0562. The van der Waals surface area contributed by atoms with Gasteiger partial charge in [0, 0.05) is 29.9 Å². The van der Waals surface area contributed by atoms with Crippen LogP contribution in [-0.2, 0) is 32.0 Å². The highest BCUT2D eigenvalue weighted by Crippen LogP contribution is 2.19. The molecule has 0 radical (unpaired) electrons. The molecule has 3 rings (SSSR count). The Balaban J connectivity index is 1.75. The van der Waals surface area contributed by atoms with E-state index in [-0.39, 0.29) is 18.8 Å². The molecular formula is C30H38N4O6. The third-order valence-corrected chi connectivity index (χ3v) is 6.25. The van der Waals surface area contributed by atoms with Crippen LogP contribution < -0.4 is 16.0 Å². The Morgan fingerprint density at radius 1 is 0.850 bits per heavy atom. The third kappa shape index (κ3) is 8.59. The number of carboxylic acid groups (broad SMARTS) is 1. The van der Waals surface area contributed by atoms with Gasteiger partial charge < -0.3 is 30.8 Å². The number of benzene rings is 2. The van der Waals surface area contributed by atoms with Crippen LogP contribution in [0.1, 0.15) is 45.7 Å². The number of alkyl carbamates (subject to hydrolysis) is 1. The molecule has 0 aliphatic carbocycles. The summed E-state index contributed by atoms with van der Waals surface area (Å²) in [5.74, 6) is -2.79. The number of hydrogen-bond acceptors (Lipinski definition) is 5. The number of aromatic amines is 1. The van der Waals surface area contributed by atoms with Gasteiger partial charge in [-0.2, -0.15) is 0 Å². The first-order chi connectivity index (χ1) is 18.8. The van der Waals surface area contributed by atoms with Crippen LogP contribution in [0.3, 0.4) is 0 Å². The Bertz CT molecular complexity index is 1330. The molecule has 10 nitrogen and oxygen atoms in total. The number of H-pyrrole nitrogens is 1. The molecule has 0 fully saturated rings. The van der Waals surface area contributed by atoms with Gasteiger partial charge in [0.05, 0.1) is 0 Å². The van der Waals surface area contributed by atoms with Crippen molar-refractivity contribution >= 4 is 34.8 Å². The van der Waals surface area contributed by atoms with Gasteiger partial charge in [0.1, 0.15) is 23.7 Å². The molecule has 3 atom stereocenters. The second-order valence-corrected chi connectivity index (χ2v) is 11.1. The molecule has 2 aromatic carbocycles. The molecule has 3 amide bonds. The lowest BCUT2D eigenvalue weighted by Crippen LogP contribution is -2.58. The molecule has 0 aliphatic rings. The van der Waals surface area contributed by atoms with Crippen LogP contribution in [0.5, 0.6) is 0 Å². The minimum Gasteiger partial charge on any atom is -0.480 e. The van der Waals surface area contributed by atoms with Crippen molar-refractivity contribution in [2.75, 3.05) is 0 Å². The van der Waals surface area contributed by atoms with Crippen molar-refractivity contribution in [2.24, 2.45) is 5.92 Å². The fourth-order valence-corrected chi connectivity index (χ4v) is 4.28. The zero-order valence-corrected chi connectivity index (χ0v) is 23.5. The van der Waals surface area contributed by atoms with Crippen LogP contribution >= 0.6 is 0 Å². The summed E-state index contributed by atoms with van der Waals surface area (Å²) < 4.78 is 5.34. The SMILES string of the molecule is CC(C)[C@H](NC(=O)[C@H](Cc1ccccc1)NC(=O)OC(C)(C)C)C(=O)N[C@@H](Cc1c[nH]c2ccccc12)C(=O)O. The zero-order valence-electron chi connectivity index (χ0n) is 23.5. The van der Waals surface area contributed by atoms with Crippen LogP contribution in [0.15, 0.2) is 60.8 Å². The van der Waals surface area contributed by atoms with Crippen molar-refractivity contribution in [2.45, 2.75) is 71.2 Å². The van der Waals surface area contributed by atoms with Crippen molar-refractivity contribution in [3.05, 3.63) is 71.9 Å². The van der Waals surface area contributed by atoms with Crippen LogP contribution in [0, 0.1) is 5.92 Å². The van der Waals surface area contributed by atoms with Gasteiger partial charge in [-0.15, -0.1) is 0 Å². The fourth-order valence-electron chi connectivity index (χ4n) is 4.28. The number of hydrogen-bond donors (Lipinski definition) is 5. The lowest BCUT2D eigenvalue weighted by molar-refractivity contribution is -0.142. The summed E-state index contributed by atoms with van der Waals surface area (Å²) in [7, 11) is 0. The van der Waals surface area contributed by atoms with Crippen molar-refractivity contribution in [3.63, 3.8) is 0 Å². The third-order valence-electron chi connectivity index (χ3n) is 6.25. The molecule has 10 heteroatoms. The van der Waals surface area contributed by atoms with Crippen molar-refractivity contribution in [1.29, 1.82) is 0 Å². The van der Waals surface area contributed by atoms with Gasteiger partial charge >= 0.3 is 12.1 Å². The monoisotopic (exact) mass is 550 g/mol. The van der Waals surface area contributed by atoms with Crippen molar-refractivity contribution in [3.8, 4) is 0 Å². The largest absolute Gasteiger partial charge is 0.480 e. The maximum absolute atomic E-state index is 13.4. The van der Waals surface area contributed by atoms with E-state index in [1.54, 1.807) is 40.8 Å². The van der Waals surface area contributed by atoms with Crippen molar-refractivity contribution in [1.82, 2.24) is 20.9 Å². The van der Waals surface area contributed by atoms with E-state index >= 15 is 0 Å². The minimum atomic E-state index is -1.22. The van der Waals surface area contributed by atoms with E-state index in [1.807, 2.05) is 54.6 Å². The van der Waals surface area contributed by atoms with Crippen LogP contribution in [-0.4, -0.2) is 57.7 Å². The standard InChI is InChI=1S/C30H38N4O6/c1-18(2)25(27(36)32-24(28(37)38)16-20-17-31-22-14-10-9-13-21(20)22)34-26(35)23(15-19-11-7-6-8-12-19)33-29(39)40-30(3,4)5/h6-14,17-18,23-25,31H,15-16H2,1-5H3,(H,32,36)(H,33,39)(H,34,35)(H,37,38)/t23-,24-,25-/m0/s1. The van der Waals surface area contributed by atoms with Crippen LogP contribution in [0.4, 0.5) is 4.79 Å². The molecule has 214 valence electrons. The number of nitrogens with one attached hydrogen (secondary N) is 4.